The number of rotatable bonds is 9. The molecule has 3 N–H and O–H groups in total. The number of H-pyrrole nitrogens is 1. The van der Waals surface area contributed by atoms with E-state index in [1.54, 1.807) is 18.3 Å². The van der Waals surface area contributed by atoms with Crippen LogP contribution in [0.15, 0.2) is 36.7 Å². The number of aromatic amines is 1. The number of carbonyl (C=O) groups excluding carboxylic acids is 1. The molecule has 13 heteroatoms. The Balaban J connectivity index is 1.46. The molecule has 0 aliphatic carbocycles. The van der Waals surface area contributed by atoms with E-state index >= 15 is 0 Å². The van der Waals surface area contributed by atoms with E-state index in [4.69, 9.17) is 14.2 Å². The number of hydrogen-bond donors (Lipinski definition) is 3. The van der Waals surface area contributed by atoms with Gasteiger partial charge in [0, 0.05) is 43.5 Å². The summed E-state index contributed by atoms with van der Waals surface area (Å²) in [5.74, 6) is -0.578. The molecule has 1 saturated heterocycles. The summed E-state index contributed by atoms with van der Waals surface area (Å²) in [6.45, 7) is 0.465. The Kier molecular flexibility index (Phi) is 7.89. The van der Waals surface area contributed by atoms with Gasteiger partial charge in [-0.3, -0.25) is 14.7 Å². The summed E-state index contributed by atoms with van der Waals surface area (Å²) < 4.78 is 70.8. The molecule has 208 valence electrons. The number of fused-ring (bicyclic) bond motifs is 1. The lowest BCUT2D eigenvalue weighted by atomic mass is 10.0. The number of pyridine rings is 1. The summed E-state index contributed by atoms with van der Waals surface area (Å²) in [5.41, 5.74) is 2.78. The molecule has 3 aromatic rings. The normalized spacial score (nSPS) is 18.4. The number of nitrogens with zero attached hydrogens (tertiary/aromatic N) is 2. The second-order valence-electron chi connectivity index (χ2n) is 9.06. The van der Waals surface area contributed by atoms with Crippen LogP contribution in [0.5, 0.6) is 11.5 Å². The molecule has 2 aliphatic rings. The van der Waals surface area contributed by atoms with Crippen molar-refractivity contribution in [3.63, 3.8) is 0 Å². The largest absolute Gasteiger partial charge is 0.492 e. The van der Waals surface area contributed by atoms with Crippen molar-refractivity contribution in [2.45, 2.75) is 25.2 Å². The number of ether oxygens (including phenoxy) is 3. The van der Waals surface area contributed by atoms with Crippen molar-refractivity contribution in [1.82, 2.24) is 20.2 Å². The predicted molar refractivity (Wildman–Crippen MR) is 134 cm³/mol. The van der Waals surface area contributed by atoms with E-state index in [2.05, 4.69) is 20.6 Å². The minimum absolute atomic E-state index is 0.0187. The van der Waals surface area contributed by atoms with Crippen LogP contribution < -0.4 is 20.1 Å². The van der Waals surface area contributed by atoms with Crippen LogP contribution in [-0.2, 0) is 11.2 Å². The third-order valence-electron chi connectivity index (χ3n) is 6.60. The van der Waals surface area contributed by atoms with Crippen LogP contribution >= 0.6 is 0 Å². The number of nitrogens with one attached hydrogen (secondary N) is 3. The molecular weight excluding hydrogens is 522 g/mol. The molecule has 0 radical (unpaired) electrons. The van der Waals surface area contributed by atoms with Gasteiger partial charge in [-0.1, -0.05) is 6.07 Å². The maximum Gasteiger partial charge on any atom is 0.282 e. The van der Waals surface area contributed by atoms with E-state index in [-0.39, 0.29) is 38.0 Å². The molecule has 2 aromatic heterocycles. The van der Waals surface area contributed by atoms with Crippen molar-refractivity contribution in [3.05, 3.63) is 53.7 Å². The van der Waals surface area contributed by atoms with Crippen LogP contribution in [0.3, 0.4) is 0 Å². The van der Waals surface area contributed by atoms with Gasteiger partial charge in [0.05, 0.1) is 42.5 Å². The molecule has 2 aliphatic heterocycles. The molecule has 1 unspecified atom stereocenters. The Bertz CT molecular complexity index is 1340. The fraction of sp³-hybridized carbons (Fsp3) is 0.385. The quantitative estimate of drug-likeness (QED) is 0.275. The van der Waals surface area contributed by atoms with E-state index in [9.17, 15) is 22.4 Å². The molecule has 4 heterocycles. The zero-order chi connectivity index (χ0) is 27.5. The zero-order valence-electron chi connectivity index (χ0n) is 21.0. The van der Waals surface area contributed by atoms with Crippen LogP contribution in [0.25, 0.3) is 11.3 Å². The van der Waals surface area contributed by atoms with Crippen molar-refractivity contribution >= 4 is 17.3 Å². The number of amides is 1. The number of benzene rings is 1. The van der Waals surface area contributed by atoms with Crippen LogP contribution in [0.1, 0.15) is 16.1 Å². The number of carbonyl (C=O) groups is 1. The average Bonchev–Trinajstić information content (AvgIpc) is 3.31. The topological polar surface area (TPSA) is 101 Å². The third kappa shape index (κ3) is 5.50. The van der Waals surface area contributed by atoms with Gasteiger partial charge in [0.25, 0.3) is 12.3 Å². The minimum atomic E-state index is -3.12. The van der Waals surface area contributed by atoms with Gasteiger partial charge in [-0.15, -0.1) is 0 Å². The molecule has 0 saturated carbocycles. The number of morpholine rings is 1. The van der Waals surface area contributed by atoms with Gasteiger partial charge in [0.1, 0.15) is 18.5 Å². The summed E-state index contributed by atoms with van der Waals surface area (Å²) in [4.78, 5) is 21.3. The molecular formula is C26H27F4N5O4. The number of alkyl halides is 3. The lowest BCUT2D eigenvalue weighted by molar-refractivity contribution is -0.118. The van der Waals surface area contributed by atoms with E-state index in [1.807, 2.05) is 0 Å². The van der Waals surface area contributed by atoms with Gasteiger partial charge in [-0.05, 0) is 18.2 Å². The van der Waals surface area contributed by atoms with E-state index in [0.29, 0.717) is 52.6 Å². The van der Waals surface area contributed by atoms with Crippen LogP contribution in [0.2, 0.25) is 0 Å². The van der Waals surface area contributed by atoms with Crippen LogP contribution in [0, 0.1) is 5.82 Å². The summed E-state index contributed by atoms with van der Waals surface area (Å²) in [5, 5.41) is 5.97. The molecule has 0 spiro atoms. The molecule has 5 rings (SSSR count). The summed E-state index contributed by atoms with van der Waals surface area (Å²) in [7, 11) is 1.35. The number of methoxy groups -OCH3 is 1. The molecule has 1 fully saturated rings. The van der Waals surface area contributed by atoms with Crippen LogP contribution in [-0.4, -0.2) is 79.6 Å². The Hall–Kier alpha value is -3.84. The van der Waals surface area contributed by atoms with E-state index in [0.717, 1.165) is 4.90 Å². The second kappa shape index (κ2) is 11.5. The fourth-order valence-electron chi connectivity index (χ4n) is 4.77. The fourth-order valence-corrected chi connectivity index (χ4v) is 4.77. The van der Waals surface area contributed by atoms with E-state index in [1.165, 1.54) is 25.4 Å². The zero-order valence-corrected chi connectivity index (χ0v) is 21.0. The van der Waals surface area contributed by atoms with Crippen molar-refractivity contribution in [3.8, 4) is 22.8 Å². The lowest BCUT2D eigenvalue weighted by Crippen LogP contribution is -2.50. The van der Waals surface area contributed by atoms with Crippen molar-refractivity contribution in [1.29, 1.82) is 0 Å². The van der Waals surface area contributed by atoms with Gasteiger partial charge in [-0.2, -0.15) is 0 Å². The van der Waals surface area contributed by atoms with Gasteiger partial charge >= 0.3 is 0 Å². The molecule has 9 nitrogen and oxygen atoms in total. The van der Waals surface area contributed by atoms with E-state index < -0.39 is 24.6 Å². The highest BCUT2D eigenvalue weighted by Gasteiger charge is 2.33. The Morgan fingerprint density at radius 2 is 2.13 bits per heavy atom. The molecule has 2 atom stereocenters. The van der Waals surface area contributed by atoms with Gasteiger partial charge < -0.3 is 29.8 Å². The molecule has 1 amide bonds. The van der Waals surface area contributed by atoms with Gasteiger partial charge in [-0.25, -0.2) is 17.6 Å². The highest BCUT2D eigenvalue weighted by molar-refractivity contribution is 6.06. The van der Waals surface area contributed by atoms with Crippen molar-refractivity contribution in [2.75, 3.05) is 45.3 Å². The van der Waals surface area contributed by atoms with Crippen LogP contribution in [0.4, 0.5) is 28.9 Å². The second-order valence-corrected chi connectivity index (χ2v) is 9.06. The number of anilines is 2. The smallest absolute Gasteiger partial charge is 0.282 e. The number of halogens is 4. The molecule has 0 bridgehead atoms. The maximum absolute atomic E-state index is 14.4. The molecule has 1 aromatic carbocycles. The Labute approximate surface area is 221 Å². The Morgan fingerprint density at radius 3 is 2.92 bits per heavy atom. The first-order valence-corrected chi connectivity index (χ1v) is 12.3. The number of hydrogen-bond acceptors (Lipinski definition) is 7. The first-order chi connectivity index (χ1) is 18.9. The van der Waals surface area contributed by atoms with Crippen molar-refractivity contribution in [2.24, 2.45) is 0 Å². The highest BCUT2D eigenvalue weighted by atomic mass is 19.3. The standard InChI is InChI=1S/C26H27F4N5O4/c1-37-23-16(27)3-2-4-18(23)34-22-20-17(6-8-32-26(20)36)33-21(22)15-5-7-31-11-19(15)39-13-14-12-35(9-10-38-14)25(30)24(28)29/h2-5,7,11,14,24-25,33-34H,6,8-10,12-13H2,1H3,(H,32,36)/t14-,25?/m0/s1. The highest BCUT2D eigenvalue weighted by Crippen LogP contribution is 2.42. The SMILES string of the molecule is COc1c(F)cccc1Nc1c(-c2ccncc2OC[C@@H]2CN(C(F)C(F)F)CCO2)[nH]c2c1C(=O)NCC2. The monoisotopic (exact) mass is 549 g/mol. The molecule has 39 heavy (non-hydrogen) atoms. The van der Waals surface area contributed by atoms with Gasteiger partial charge in [0.2, 0.25) is 6.30 Å². The predicted octanol–water partition coefficient (Wildman–Crippen LogP) is 3.89. The summed E-state index contributed by atoms with van der Waals surface area (Å²) in [6.07, 6.45) is -2.59. The first kappa shape index (κ1) is 26.8. The Morgan fingerprint density at radius 1 is 1.28 bits per heavy atom. The number of aromatic nitrogens is 2. The summed E-state index contributed by atoms with van der Waals surface area (Å²) in [6, 6.07) is 6.09. The van der Waals surface area contributed by atoms with Gasteiger partial charge in [0.15, 0.2) is 11.6 Å². The first-order valence-electron chi connectivity index (χ1n) is 12.3. The average molecular weight is 550 g/mol. The lowest BCUT2D eigenvalue weighted by Gasteiger charge is -2.34. The minimum Gasteiger partial charge on any atom is -0.492 e. The maximum atomic E-state index is 14.4. The third-order valence-corrected chi connectivity index (χ3v) is 6.60. The van der Waals surface area contributed by atoms with Crippen molar-refractivity contribution < 1.29 is 36.6 Å². The number of para-hydroxylation sites is 1. The summed E-state index contributed by atoms with van der Waals surface area (Å²) >= 11 is 0.